The van der Waals surface area contributed by atoms with E-state index in [0.29, 0.717) is 10.2 Å². The van der Waals surface area contributed by atoms with E-state index in [0.717, 1.165) is 28.2 Å². The molecule has 1 unspecified atom stereocenters. The average molecular weight is 440 g/mol. The van der Waals surface area contributed by atoms with Gasteiger partial charge in [-0.1, -0.05) is 25.1 Å². The van der Waals surface area contributed by atoms with Crippen LogP contribution in [0.4, 0.5) is 0 Å². The molecule has 6 nitrogen and oxygen atoms in total. The van der Waals surface area contributed by atoms with E-state index in [1.54, 1.807) is 18.4 Å². The van der Waals surface area contributed by atoms with Crippen LogP contribution in [0.2, 0.25) is 0 Å². The van der Waals surface area contributed by atoms with Crippen LogP contribution in [0.25, 0.3) is 20.7 Å². The highest BCUT2D eigenvalue weighted by Gasteiger charge is 2.17. The first-order valence-corrected chi connectivity index (χ1v) is 11.3. The highest BCUT2D eigenvalue weighted by atomic mass is 32.1. The fourth-order valence-corrected chi connectivity index (χ4v) is 5.07. The van der Waals surface area contributed by atoms with Gasteiger partial charge in [-0.05, 0) is 35.6 Å². The minimum Gasteiger partial charge on any atom is -0.497 e. The molecule has 154 valence electrons. The number of ether oxygens (including phenoxy) is 1. The molecule has 8 heteroatoms. The van der Waals surface area contributed by atoms with Crippen LogP contribution in [0.1, 0.15) is 24.9 Å². The number of methoxy groups -OCH3 is 1. The summed E-state index contributed by atoms with van der Waals surface area (Å²) in [6, 6.07) is 11.4. The molecule has 1 aromatic carbocycles. The standard InChI is InChI=1S/C22H21N3O3S2/c1-3-17(14-6-8-15(28-2)9-7-14)24-19(26)11-25-13-23-21-20(22(25)27)16(12-30-21)18-5-4-10-29-18/h4-10,12-13,17H,3,11H2,1-2H3,(H,24,26). The molecule has 3 heterocycles. The second kappa shape index (κ2) is 8.81. The topological polar surface area (TPSA) is 73.2 Å². The van der Waals surface area contributed by atoms with Gasteiger partial charge in [0.15, 0.2) is 0 Å². The maximum Gasteiger partial charge on any atom is 0.263 e. The number of nitrogens with one attached hydrogen (secondary N) is 1. The summed E-state index contributed by atoms with van der Waals surface area (Å²) in [7, 11) is 1.62. The molecule has 1 atom stereocenters. The number of fused-ring (bicyclic) bond motifs is 1. The smallest absolute Gasteiger partial charge is 0.263 e. The van der Waals surface area contributed by atoms with Crippen molar-refractivity contribution < 1.29 is 9.53 Å². The van der Waals surface area contributed by atoms with Crippen LogP contribution in [0, 0.1) is 0 Å². The van der Waals surface area contributed by atoms with E-state index >= 15 is 0 Å². The van der Waals surface area contributed by atoms with Crippen molar-refractivity contribution in [1.29, 1.82) is 0 Å². The number of hydrogen-bond donors (Lipinski definition) is 1. The van der Waals surface area contributed by atoms with Gasteiger partial charge in [0.2, 0.25) is 5.91 Å². The third-order valence-corrected chi connectivity index (χ3v) is 6.71. The Morgan fingerprint density at radius 2 is 2.03 bits per heavy atom. The van der Waals surface area contributed by atoms with Crippen LogP contribution in [-0.2, 0) is 11.3 Å². The summed E-state index contributed by atoms with van der Waals surface area (Å²) in [5.41, 5.74) is 1.67. The first kappa shape index (κ1) is 20.3. The van der Waals surface area contributed by atoms with Gasteiger partial charge in [0.25, 0.3) is 5.56 Å². The highest BCUT2D eigenvalue weighted by Crippen LogP contribution is 2.33. The van der Waals surface area contributed by atoms with Crippen molar-refractivity contribution in [2.45, 2.75) is 25.9 Å². The van der Waals surface area contributed by atoms with Crippen LogP contribution < -0.4 is 15.6 Å². The van der Waals surface area contributed by atoms with Gasteiger partial charge in [-0.25, -0.2) is 4.98 Å². The van der Waals surface area contributed by atoms with E-state index in [2.05, 4.69) is 10.3 Å². The summed E-state index contributed by atoms with van der Waals surface area (Å²) in [4.78, 5) is 31.9. The van der Waals surface area contributed by atoms with Gasteiger partial charge in [-0.2, -0.15) is 0 Å². The molecule has 0 spiro atoms. The van der Waals surface area contributed by atoms with E-state index < -0.39 is 0 Å². The Balaban J connectivity index is 1.56. The fourth-order valence-electron chi connectivity index (χ4n) is 3.35. The third kappa shape index (κ3) is 4.01. The van der Waals surface area contributed by atoms with Crippen molar-refractivity contribution in [2.75, 3.05) is 7.11 Å². The summed E-state index contributed by atoms with van der Waals surface area (Å²) >= 11 is 3.02. The summed E-state index contributed by atoms with van der Waals surface area (Å²) in [6.45, 7) is 1.93. The number of thiophene rings is 2. The second-order valence-corrected chi connectivity index (χ2v) is 8.59. The molecule has 0 aliphatic carbocycles. The maximum atomic E-state index is 13.1. The largest absolute Gasteiger partial charge is 0.497 e. The molecular weight excluding hydrogens is 418 g/mol. The number of benzene rings is 1. The number of aromatic nitrogens is 2. The Bertz CT molecular complexity index is 1210. The van der Waals surface area contributed by atoms with Crippen LogP contribution in [-0.4, -0.2) is 22.6 Å². The molecule has 1 amide bonds. The number of rotatable bonds is 7. The van der Waals surface area contributed by atoms with Gasteiger partial charge in [0, 0.05) is 15.8 Å². The van der Waals surface area contributed by atoms with Crippen LogP contribution in [0.3, 0.4) is 0 Å². The summed E-state index contributed by atoms with van der Waals surface area (Å²) in [5.74, 6) is 0.539. The number of nitrogens with zero attached hydrogens (tertiary/aromatic N) is 2. The lowest BCUT2D eigenvalue weighted by Gasteiger charge is -2.18. The van der Waals surface area contributed by atoms with Gasteiger partial charge in [0.1, 0.15) is 17.1 Å². The van der Waals surface area contributed by atoms with Crippen molar-refractivity contribution in [2.24, 2.45) is 0 Å². The van der Waals surface area contributed by atoms with Gasteiger partial charge in [-0.3, -0.25) is 14.2 Å². The van der Waals surface area contributed by atoms with E-state index in [1.807, 2.05) is 54.1 Å². The molecule has 0 saturated carbocycles. The molecule has 0 bridgehead atoms. The summed E-state index contributed by atoms with van der Waals surface area (Å²) in [6.07, 6.45) is 2.19. The molecule has 4 aromatic rings. The SMILES string of the molecule is CCC(NC(=O)Cn1cnc2scc(-c3cccs3)c2c1=O)c1ccc(OC)cc1. The quantitative estimate of drug-likeness (QED) is 0.461. The minimum atomic E-state index is -0.228. The summed E-state index contributed by atoms with van der Waals surface area (Å²) < 4.78 is 6.57. The normalized spacial score (nSPS) is 12.1. The zero-order valence-corrected chi connectivity index (χ0v) is 18.3. The maximum absolute atomic E-state index is 13.1. The monoisotopic (exact) mass is 439 g/mol. The Morgan fingerprint density at radius 1 is 1.23 bits per heavy atom. The lowest BCUT2D eigenvalue weighted by atomic mass is 10.0. The molecule has 0 aliphatic rings. The Morgan fingerprint density at radius 3 is 2.70 bits per heavy atom. The van der Waals surface area contributed by atoms with Gasteiger partial charge < -0.3 is 10.1 Å². The van der Waals surface area contributed by atoms with Gasteiger partial charge in [-0.15, -0.1) is 22.7 Å². The van der Waals surface area contributed by atoms with Gasteiger partial charge in [0.05, 0.1) is 24.9 Å². The number of hydrogen-bond acceptors (Lipinski definition) is 6. The molecule has 0 aliphatic heterocycles. The number of carbonyl (C=O) groups is 1. The molecule has 4 rings (SSSR count). The molecule has 3 aromatic heterocycles. The van der Waals surface area contributed by atoms with Crippen molar-refractivity contribution in [1.82, 2.24) is 14.9 Å². The molecule has 0 saturated heterocycles. The number of carbonyl (C=O) groups excluding carboxylic acids is 1. The molecular formula is C22H21N3O3S2. The highest BCUT2D eigenvalue weighted by molar-refractivity contribution is 7.18. The Hall–Kier alpha value is -2.97. The molecule has 30 heavy (non-hydrogen) atoms. The first-order chi connectivity index (χ1) is 14.6. The van der Waals surface area contributed by atoms with Crippen molar-refractivity contribution >= 4 is 38.8 Å². The van der Waals surface area contributed by atoms with Crippen LogP contribution in [0.5, 0.6) is 5.75 Å². The second-order valence-electron chi connectivity index (χ2n) is 6.79. The minimum absolute atomic E-state index is 0.0752. The lowest BCUT2D eigenvalue weighted by Crippen LogP contribution is -2.34. The Kier molecular flexibility index (Phi) is 5.96. The average Bonchev–Trinajstić information content (AvgIpc) is 3.44. The molecule has 0 fully saturated rings. The summed E-state index contributed by atoms with van der Waals surface area (Å²) in [5, 5.41) is 7.51. The molecule has 0 radical (unpaired) electrons. The van der Waals surface area contributed by atoms with E-state index in [9.17, 15) is 9.59 Å². The fraction of sp³-hybridized carbons (Fsp3) is 0.227. The van der Waals surface area contributed by atoms with E-state index in [4.69, 9.17) is 4.74 Å². The predicted molar refractivity (Wildman–Crippen MR) is 121 cm³/mol. The number of amides is 1. The van der Waals surface area contributed by atoms with Gasteiger partial charge >= 0.3 is 0 Å². The Labute approximate surface area is 181 Å². The van der Waals surface area contributed by atoms with Crippen LogP contribution in [0.15, 0.2) is 58.3 Å². The van der Waals surface area contributed by atoms with E-state index in [-0.39, 0.29) is 24.1 Å². The lowest BCUT2D eigenvalue weighted by molar-refractivity contribution is -0.122. The third-order valence-electron chi connectivity index (χ3n) is 4.92. The van der Waals surface area contributed by atoms with E-state index in [1.165, 1.54) is 22.2 Å². The van der Waals surface area contributed by atoms with Crippen molar-refractivity contribution in [3.05, 3.63) is 69.4 Å². The van der Waals surface area contributed by atoms with Crippen LogP contribution >= 0.6 is 22.7 Å². The first-order valence-electron chi connectivity index (χ1n) is 9.54. The zero-order chi connectivity index (χ0) is 21.1. The zero-order valence-electron chi connectivity index (χ0n) is 16.6. The molecule has 1 N–H and O–H groups in total. The predicted octanol–water partition coefficient (Wildman–Crippen LogP) is 4.46. The van der Waals surface area contributed by atoms with Crippen molar-refractivity contribution in [3.63, 3.8) is 0 Å². The van der Waals surface area contributed by atoms with Crippen molar-refractivity contribution in [3.8, 4) is 16.2 Å².